The lowest BCUT2D eigenvalue weighted by Crippen LogP contribution is -2.35. The number of halogens is 2. The molecule has 48 heavy (non-hydrogen) atoms. The maximum atomic E-state index is 16.3. The van der Waals surface area contributed by atoms with Crippen LogP contribution in [0.4, 0.5) is 4.39 Å². The lowest BCUT2D eigenvalue weighted by Gasteiger charge is -2.15. The quantitative estimate of drug-likeness (QED) is 0.162. The molecule has 4 heterocycles. The Morgan fingerprint density at radius 1 is 0.792 bits per heavy atom. The number of carbonyl (C=O) groups excluding carboxylic acids is 2. The van der Waals surface area contributed by atoms with Gasteiger partial charge < -0.3 is 30.7 Å². The number of amides is 2. The van der Waals surface area contributed by atoms with E-state index in [0.29, 0.717) is 95.1 Å². The van der Waals surface area contributed by atoms with Crippen molar-refractivity contribution in [2.45, 2.75) is 50.9 Å². The fourth-order valence-electron chi connectivity index (χ4n) is 6.02. The molecule has 250 valence electrons. The minimum absolute atomic E-state index is 0.0674. The molecule has 2 aromatic carbocycles. The molecule has 2 aromatic heterocycles. The van der Waals surface area contributed by atoms with Crippen LogP contribution in [0.15, 0.2) is 54.7 Å². The third-order valence-corrected chi connectivity index (χ3v) is 8.94. The number of methoxy groups -OCH3 is 2. The highest BCUT2D eigenvalue weighted by molar-refractivity contribution is 6.36. The molecule has 2 aliphatic heterocycles. The van der Waals surface area contributed by atoms with Crippen molar-refractivity contribution in [3.8, 4) is 45.4 Å². The van der Waals surface area contributed by atoms with Crippen LogP contribution in [0.25, 0.3) is 33.6 Å². The molecule has 4 N–H and O–H groups in total. The molecule has 0 saturated carbocycles. The van der Waals surface area contributed by atoms with Crippen LogP contribution >= 0.6 is 11.6 Å². The fourth-order valence-corrected chi connectivity index (χ4v) is 6.35. The Balaban J connectivity index is 1.20. The summed E-state index contributed by atoms with van der Waals surface area (Å²) in [5, 5.41) is 12.8. The molecule has 1 unspecified atom stereocenters. The lowest BCUT2D eigenvalue weighted by atomic mass is 9.97. The molecule has 2 aliphatic rings. The molecule has 13 heteroatoms. The maximum absolute atomic E-state index is 16.3. The molecule has 0 spiro atoms. The minimum atomic E-state index is -0.475. The second kappa shape index (κ2) is 15.1. The van der Waals surface area contributed by atoms with E-state index < -0.39 is 5.82 Å². The minimum Gasteiger partial charge on any atom is -0.481 e. The van der Waals surface area contributed by atoms with Gasteiger partial charge in [0, 0.05) is 78.9 Å². The number of hydrogen-bond acceptors (Lipinski definition) is 9. The van der Waals surface area contributed by atoms with Crippen LogP contribution in [0.1, 0.15) is 36.9 Å². The lowest BCUT2D eigenvalue weighted by molar-refractivity contribution is -0.120. The van der Waals surface area contributed by atoms with Gasteiger partial charge in [0.15, 0.2) is 0 Å². The smallest absolute Gasteiger partial charge is 0.237 e. The van der Waals surface area contributed by atoms with E-state index >= 15 is 4.39 Å². The average Bonchev–Trinajstić information content (AvgIpc) is 3.72. The number of rotatable bonds is 13. The molecule has 2 fully saturated rings. The van der Waals surface area contributed by atoms with Gasteiger partial charge in [-0.25, -0.2) is 14.4 Å². The number of ether oxygens (including phenoxy) is 2. The molecule has 6 rings (SSSR count). The van der Waals surface area contributed by atoms with Crippen molar-refractivity contribution >= 4 is 23.4 Å². The van der Waals surface area contributed by atoms with E-state index in [4.69, 9.17) is 21.1 Å². The van der Waals surface area contributed by atoms with Gasteiger partial charge in [0.2, 0.25) is 23.6 Å². The summed E-state index contributed by atoms with van der Waals surface area (Å²) < 4.78 is 27.4. The molecule has 0 aliphatic carbocycles. The predicted molar refractivity (Wildman–Crippen MR) is 180 cm³/mol. The first-order valence-corrected chi connectivity index (χ1v) is 16.2. The van der Waals surface area contributed by atoms with E-state index in [1.54, 1.807) is 48.7 Å². The van der Waals surface area contributed by atoms with Gasteiger partial charge in [-0.15, -0.1) is 0 Å². The van der Waals surface area contributed by atoms with E-state index in [1.807, 2.05) is 6.07 Å². The van der Waals surface area contributed by atoms with E-state index in [2.05, 4.69) is 36.2 Å². The van der Waals surface area contributed by atoms with Crippen molar-refractivity contribution in [3.63, 3.8) is 0 Å². The van der Waals surface area contributed by atoms with Crippen LogP contribution in [-0.2, 0) is 22.7 Å². The van der Waals surface area contributed by atoms with Gasteiger partial charge in [0.25, 0.3) is 0 Å². The standard InChI is InChI=1S/C35H37ClFN7O4/c1-47-34-20(15-38-16-21-10-13-30(45)41-21)9-12-27(43-34)26-8-4-6-24(33(26)37)23-5-3-7-25(32(23)36)28-19-40-29(35(44-28)48-2)18-39-17-22-11-14-31(46)42-22/h3-9,12,19,21-22,38-39H,10-11,13-18H2,1-2H3,(H,41,45)(H,42,46)/t21?,22-/m0/s1. The maximum Gasteiger partial charge on any atom is 0.237 e. The van der Waals surface area contributed by atoms with Crippen LogP contribution < -0.4 is 30.7 Å². The second-order valence-electron chi connectivity index (χ2n) is 11.8. The van der Waals surface area contributed by atoms with Gasteiger partial charge in [-0.2, -0.15) is 0 Å². The summed E-state index contributed by atoms with van der Waals surface area (Å²) in [6.07, 6.45) is 4.30. The fraction of sp³-hybridized carbons (Fsp3) is 0.343. The summed E-state index contributed by atoms with van der Waals surface area (Å²) >= 11 is 6.94. The Labute approximate surface area is 283 Å². The SMILES string of the molecule is COc1nc(-c2cccc(-c3cccc(-c4cnc(CNC[C@@H]5CCC(=O)N5)c(OC)n4)c3Cl)c2F)ccc1CNCC1CCC(=O)N1. The van der Waals surface area contributed by atoms with E-state index in [1.165, 1.54) is 14.2 Å². The second-order valence-corrected chi connectivity index (χ2v) is 12.2. The molecule has 0 radical (unpaired) electrons. The van der Waals surface area contributed by atoms with Crippen molar-refractivity contribution in [2.75, 3.05) is 27.3 Å². The topological polar surface area (TPSA) is 139 Å². The Morgan fingerprint density at radius 3 is 2.04 bits per heavy atom. The van der Waals surface area contributed by atoms with Gasteiger partial charge >= 0.3 is 0 Å². The third-order valence-electron chi connectivity index (χ3n) is 8.54. The molecule has 0 bridgehead atoms. The number of hydrogen-bond donors (Lipinski definition) is 4. The summed E-state index contributed by atoms with van der Waals surface area (Å²) in [7, 11) is 3.06. The Bertz CT molecular complexity index is 1690. The first-order chi connectivity index (χ1) is 23.3. The van der Waals surface area contributed by atoms with Crippen LogP contribution in [0, 0.1) is 5.82 Å². The highest BCUT2D eigenvalue weighted by atomic mass is 35.5. The van der Waals surface area contributed by atoms with Crippen LogP contribution in [0.2, 0.25) is 5.02 Å². The Kier molecular flexibility index (Phi) is 10.4. The molecule has 4 aromatic rings. The largest absolute Gasteiger partial charge is 0.481 e. The van der Waals surface area contributed by atoms with E-state index in [-0.39, 0.29) is 23.9 Å². The van der Waals surface area contributed by atoms with Crippen LogP contribution in [0.3, 0.4) is 0 Å². The van der Waals surface area contributed by atoms with Crippen molar-refractivity contribution in [2.24, 2.45) is 0 Å². The van der Waals surface area contributed by atoms with Crippen LogP contribution in [-0.4, -0.2) is 66.2 Å². The molecule has 2 saturated heterocycles. The van der Waals surface area contributed by atoms with E-state index in [9.17, 15) is 9.59 Å². The number of pyridine rings is 1. The highest BCUT2D eigenvalue weighted by Gasteiger charge is 2.23. The Morgan fingerprint density at radius 2 is 1.40 bits per heavy atom. The average molecular weight is 674 g/mol. The van der Waals surface area contributed by atoms with E-state index in [0.717, 1.165) is 18.4 Å². The number of nitrogens with zero attached hydrogens (tertiary/aromatic N) is 3. The summed E-state index contributed by atoms with van der Waals surface area (Å²) in [6, 6.07) is 14.3. The van der Waals surface area contributed by atoms with Gasteiger partial charge in [0.05, 0.1) is 36.8 Å². The van der Waals surface area contributed by atoms with Gasteiger partial charge in [-0.1, -0.05) is 48.0 Å². The number of nitrogens with one attached hydrogen (secondary N) is 4. The molecule has 2 amide bonds. The Hall–Kier alpha value is -4.65. The monoisotopic (exact) mass is 673 g/mol. The summed E-state index contributed by atoms with van der Waals surface area (Å²) in [5.41, 5.74) is 4.01. The third kappa shape index (κ3) is 7.40. The van der Waals surface area contributed by atoms with Crippen molar-refractivity contribution < 1.29 is 23.5 Å². The van der Waals surface area contributed by atoms with Crippen LogP contribution in [0.5, 0.6) is 11.8 Å². The summed E-state index contributed by atoms with van der Waals surface area (Å²) in [5.74, 6) is 0.393. The van der Waals surface area contributed by atoms with Gasteiger partial charge in [-0.3, -0.25) is 14.6 Å². The number of benzene rings is 2. The zero-order valence-electron chi connectivity index (χ0n) is 26.7. The van der Waals surface area contributed by atoms with Crippen molar-refractivity contribution in [3.05, 3.63) is 76.8 Å². The zero-order valence-corrected chi connectivity index (χ0v) is 27.5. The first-order valence-electron chi connectivity index (χ1n) is 15.9. The van der Waals surface area contributed by atoms with Crippen molar-refractivity contribution in [1.29, 1.82) is 0 Å². The highest BCUT2D eigenvalue weighted by Crippen LogP contribution is 2.39. The molecule has 11 nitrogen and oxygen atoms in total. The summed E-state index contributed by atoms with van der Waals surface area (Å²) in [4.78, 5) is 36.8. The zero-order chi connectivity index (χ0) is 33.6. The molecular formula is C35H37ClFN7O4. The number of aromatic nitrogens is 3. The van der Waals surface area contributed by atoms with Gasteiger partial charge in [-0.05, 0) is 25.0 Å². The number of carbonyl (C=O) groups is 2. The van der Waals surface area contributed by atoms with Gasteiger partial charge in [0.1, 0.15) is 11.5 Å². The van der Waals surface area contributed by atoms with Crippen molar-refractivity contribution in [1.82, 2.24) is 36.2 Å². The molecular weight excluding hydrogens is 637 g/mol. The normalized spacial score (nSPS) is 17.3. The predicted octanol–water partition coefficient (Wildman–Crippen LogP) is 4.42. The molecule has 2 atom stereocenters. The first kappa shape index (κ1) is 33.3. The summed E-state index contributed by atoms with van der Waals surface area (Å²) in [6.45, 7) is 2.14.